The maximum absolute atomic E-state index is 13.5. The number of carbonyl (C=O) groups is 2. The van der Waals surface area contributed by atoms with Gasteiger partial charge in [0.2, 0.25) is 5.60 Å². The van der Waals surface area contributed by atoms with Crippen molar-refractivity contribution in [3.63, 3.8) is 0 Å². The minimum atomic E-state index is -3.94. The standard InChI is InChI=1S/C28H23N5O5S2/c1-17-7-9-21(10-8-17)40(36,37)33-14-22(24-25(33)30-12-11-29-24)26-31-23(15-39-26)19-5-4-6-20(13-19)28(38-18(2)34)16-32(3)27(28)35/h4-15H,16H2,1-3H3/t28-/m0/s1. The van der Waals surface area contributed by atoms with Gasteiger partial charge in [-0.25, -0.2) is 22.4 Å². The summed E-state index contributed by atoms with van der Waals surface area (Å²) >= 11 is 1.33. The Bertz CT molecular complexity index is 1910. The summed E-state index contributed by atoms with van der Waals surface area (Å²) in [5, 5.41) is 2.40. The van der Waals surface area contributed by atoms with E-state index in [0.717, 1.165) is 15.1 Å². The van der Waals surface area contributed by atoms with Crippen LogP contribution >= 0.6 is 11.3 Å². The molecule has 1 atom stereocenters. The molecule has 12 heteroatoms. The lowest BCUT2D eigenvalue weighted by Gasteiger charge is -2.45. The SMILES string of the molecule is CC(=O)O[C@]1(c2cccc(-c3csc(-c4cn(S(=O)(=O)c5ccc(C)cc5)c5nccnc45)n3)c2)CN(C)C1=O. The van der Waals surface area contributed by atoms with E-state index in [-0.39, 0.29) is 23.0 Å². The monoisotopic (exact) mass is 573 g/mol. The van der Waals surface area contributed by atoms with Crippen LogP contribution in [0.25, 0.3) is 33.0 Å². The van der Waals surface area contributed by atoms with E-state index in [0.29, 0.717) is 27.3 Å². The second-order valence-corrected chi connectivity index (χ2v) is 12.3. The largest absolute Gasteiger partial charge is 0.442 e. The number of aryl methyl sites for hydroxylation is 1. The van der Waals surface area contributed by atoms with Crippen molar-refractivity contribution < 1.29 is 22.7 Å². The summed E-state index contributed by atoms with van der Waals surface area (Å²) in [4.78, 5) is 39.7. The number of fused-ring (bicyclic) bond motifs is 1. The van der Waals surface area contributed by atoms with E-state index in [1.165, 1.54) is 41.8 Å². The van der Waals surface area contributed by atoms with E-state index in [1.54, 1.807) is 49.5 Å². The third-order valence-electron chi connectivity index (χ3n) is 6.80. The highest BCUT2D eigenvalue weighted by Crippen LogP contribution is 2.39. The van der Waals surface area contributed by atoms with E-state index >= 15 is 0 Å². The van der Waals surface area contributed by atoms with Crippen LogP contribution in [-0.4, -0.2) is 57.7 Å². The van der Waals surface area contributed by atoms with E-state index in [4.69, 9.17) is 9.72 Å². The summed E-state index contributed by atoms with van der Waals surface area (Å²) in [7, 11) is -2.29. The first-order valence-electron chi connectivity index (χ1n) is 12.3. The minimum absolute atomic E-state index is 0.141. The number of β-lactam (4-membered cyclic amide) rings is 1. The van der Waals surface area contributed by atoms with Crippen LogP contribution < -0.4 is 0 Å². The van der Waals surface area contributed by atoms with Crippen molar-refractivity contribution in [2.75, 3.05) is 13.6 Å². The second-order valence-electron chi connectivity index (χ2n) is 9.59. The highest BCUT2D eigenvalue weighted by molar-refractivity contribution is 7.90. The zero-order valence-electron chi connectivity index (χ0n) is 21.7. The van der Waals surface area contributed by atoms with Crippen LogP contribution in [0.1, 0.15) is 18.1 Å². The number of esters is 1. The van der Waals surface area contributed by atoms with Gasteiger partial charge in [0, 0.05) is 49.1 Å². The Morgan fingerprint density at radius 3 is 2.55 bits per heavy atom. The smallest absolute Gasteiger partial charge is 0.304 e. The molecule has 3 aromatic heterocycles. The van der Waals surface area contributed by atoms with Crippen molar-refractivity contribution in [1.82, 2.24) is 23.8 Å². The van der Waals surface area contributed by atoms with Crippen molar-refractivity contribution in [2.24, 2.45) is 0 Å². The molecule has 5 aromatic rings. The summed E-state index contributed by atoms with van der Waals surface area (Å²) in [6, 6.07) is 13.8. The molecular formula is C28H23N5O5S2. The molecule has 10 nitrogen and oxygen atoms in total. The molecule has 0 unspecified atom stereocenters. The zero-order chi connectivity index (χ0) is 28.2. The number of thiazole rings is 1. The molecule has 0 aliphatic carbocycles. The van der Waals surface area contributed by atoms with Crippen molar-refractivity contribution in [2.45, 2.75) is 24.3 Å². The predicted octanol–water partition coefficient (Wildman–Crippen LogP) is 4.00. The summed E-state index contributed by atoms with van der Waals surface area (Å²) in [6.45, 7) is 3.42. The molecule has 2 aromatic carbocycles. The number of carbonyl (C=O) groups excluding carboxylic acids is 2. The number of hydrogen-bond donors (Lipinski definition) is 0. The number of hydrogen-bond acceptors (Lipinski definition) is 9. The van der Waals surface area contributed by atoms with Crippen LogP contribution in [0.15, 0.2) is 77.4 Å². The Hall–Kier alpha value is -4.42. The van der Waals surface area contributed by atoms with Gasteiger partial charge >= 0.3 is 5.97 Å². The van der Waals surface area contributed by atoms with Crippen molar-refractivity contribution in [3.8, 4) is 21.8 Å². The lowest BCUT2D eigenvalue weighted by Crippen LogP contribution is -2.64. The van der Waals surface area contributed by atoms with Crippen LogP contribution in [0, 0.1) is 6.92 Å². The van der Waals surface area contributed by atoms with Crippen LogP contribution in [0.5, 0.6) is 0 Å². The number of nitrogens with zero attached hydrogens (tertiary/aromatic N) is 5. The molecule has 1 saturated heterocycles. The molecule has 6 rings (SSSR count). The summed E-state index contributed by atoms with van der Waals surface area (Å²) < 4.78 is 33.7. The van der Waals surface area contributed by atoms with Crippen molar-refractivity contribution in [1.29, 1.82) is 0 Å². The van der Waals surface area contributed by atoms with E-state index in [1.807, 2.05) is 18.4 Å². The fourth-order valence-corrected chi connectivity index (χ4v) is 6.98. The first-order valence-corrected chi connectivity index (χ1v) is 14.6. The van der Waals surface area contributed by atoms with Gasteiger partial charge in [0.1, 0.15) is 10.5 Å². The molecule has 202 valence electrons. The average Bonchev–Trinajstić information content (AvgIpc) is 3.58. The number of likely N-dealkylation sites (tertiary alicyclic amines) is 1. The summed E-state index contributed by atoms with van der Waals surface area (Å²) in [5.41, 5.74) is 2.62. The van der Waals surface area contributed by atoms with Gasteiger partial charge in [0.25, 0.3) is 15.9 Å². The number of benzene rings is 2. The first-order chi connectivity index (χ1) is 19.1. The predicted molar refractivity (Wildman–Crippen MR) is 149 cm³/mol. The third-order valence-corrected chi connectivity index (χ3v) is 9.34. The van der Waals surface area contributed by atoms with Gasteiger partial charge in [0.05, 0.1) is 22.7 Å². The highest BCUT2D eigenvalue weighted by atomic mass is 32.2. The molecule has 0 saturated carbocycles. The van der Waals surface area contributed by atoms with E-state index in [9.17, 15) is 18.0 Å². The van der Waals surface area contributed by atoms with Gasteiger partial charge in [-0.05, 0) is 25.1 Å². The topological polar surface area (TPSA) is 124 Å². The van der Waals surface area contributed by atoms with Crippen LogP contribution in [-0.2, 0) is 30.0 Å². The molecular weight excluding hydrogens is 550 g/mol. The first kappa shape index (κ1) is 25.8. The molecule has 1 fully saturated rings. The number of aromatic nitrogens is 4. The van der Waals surface area contributed by atoms with Gasteiger partial charge in [-0.2, -0.15) is 0 Å². The Kier molecular flexibility index (Phi) is 6.04. The third kappa shape index (κ3) is 4.07. The van der Waals surface area contributed by atoms with Crippen LogP contribution in [0.4, 0.5) is 0 Å². The Labute approximate surface area is 234 Å². The van der Waals surface area contributed by atoms with Crippen LogP contribution in [0.3, 0.4) is 0 Å². The van der Waals surface area contributed by atoms with E-state index in [2.05, 4.69) is 9.97 Å². The number of likely N-dealkylation sites (N-methyl/N-ethyl adjacent to an activating group) is 1. The van der Waals surface area contributed by atoms with Crippen molar-refractivity contribution >= 4 is 44.4 Å². The number of rotatable bonds is 6. The van der Waals surface area contributed by atoms with Crippen molar-refractivity contribution in [3.05, 3.63) is 83.6 Å². The summed E-state index contributed by atoms with van der Waals surface area (Å²) in [5.74, 6) is -0.833. The number of amides is 1. The lowest BCUT2D eigenvalue weighted by molar-refractivity contribution is -0.193. The molecule has 0 bridgehead atoms. The van der Waals surface area contributed by atoms with Gasteiger partial charge < -0.3 is 9.64 Å². The second kappa shape index (κ2) is 9.35. The quantitative estimate of drug-likeness (QED) is 0.221. The molecule has 1 aliphatic rings. The maximum atomic E-state index is 13.5. The molecule has 0 spiro atoms. The molecule has 1 aliphatic heterocycles. The fourth-order valence-electron chi connectivity index (χ4n) is 4.83. The Morgan fingerprint density at radius 2 is 1.85 bits per heavy atom. The summed E-state index contributed by atoms with van der Waals surface area (Å²) in [6.07, 6.45) is 4.45. The minimum Gasteiger partial charge on any atom is -0.442 e. The zero-order valence-corrected chi connectivity index (χ0v) is 23.4. The Morgan fingerprint density at radius 1 is 1.10 bits per heavy atom. The molecule has 1 amide bonds. The van der Waals surface area contributed by atoms with Crippen LogP contribution in [0.2, 0.25) is 0 Å². The van der Waals surface area contributed by atoms with Gasteiger partial charge in [0.15, 0.2) is 5.65 Å². The molecule has 0 radical (unpaired) electrons. The Balaban J connectivity index is 1.41. The normalized spacial score (nSPS) is 17.2. The molecule has 40 heavy (non-hydrogen) atoms. The molecule has 0 N–H and O–H groups in total. The van der Waals surface area contributed by atoms with Gasteiger partial charge in [-0.15, -0.1) is 11.3 Å². The lowest BCUT2D eigenvalue weighted by atomic mass is 9.84. The van der Waals surface area contributed by atoms with Gasteiger partial charge in [-0.3, -0.25) is 14.6 Å². The maximum Gasteiger partial charge on any atom is 0.304 e. The molecule has 4 heterocycles. The van der Waals surface area contributed by atoms with Gasteiger partial charge in [-0.1, -0.05) is 35.9 Å². The fraction of sp³-hybridized carbons (Fsp3) is 0.179. The van der Waals surface area contributed by atoms with E-state index < -0.39 is 21.6 Å². The average molecular weight is 574 g/mol. The number of ether oxygens (including phenoxy) is 1. The highest BCUT2D eigenvalue weighted by Gasteiger charge is 2.55.